The van der Waals surface area contributed by atoms with Gasteiger partial charge in [0, 0.05) is 18.0 Å². The number of carbonyl (C=O) groups is 2. The third-order valence-electron chi connectivity index (χ3n) is 3.06. The first-order chi connectivity index (χ1) is 9.95. The highest BCUT2D eigenvalue weighted by Crippen LogP contribution is 2.16. The summed E-state index contributed by atoms with van der Waals surface area (Å²) in [6.45, 7) is 3.60. The van der Waals surface area contributed by atoms with Gasteiger partial charge in [-0.3, -0.25) is 14.5 Å². The molecule has 1 saturated heterocycles. The first-order valence-electron chi connectivity index (χ1n) is 6.75. The lowest BCUT2D eigenvalue weighted by Gasteiger charge is -2.38. The Kier molecular flexibility index (Phi) is 4.99. The average molecular weight is 305 g/mol. The lowest BCUT2D eigenvalue weighted by atomic mass is 10.1. The van der Waals surface area contributed by atoms with E-state index in [1.54, 1.807) is 4.90 Å². The summed E-state index contributed by atoms with van der Waals surface area (Å²) in [4.78, 5) is 29.1. The Bertz CT molecular complexity index is 592. The van der Waals surface area contributed by atoms with Crippen LogP contribution < -0.4 is 5.32 Å². The van der Waals surface area contributed by atoms with Gasteiger partial charge >= 0.3 is 0 Å². The third kappa shape index (κ3) is 4.31. The molecule has 1 aromatic rings. The van der Waals surface area contributed by atoms with Crippen LogP contribution in [0.15, 0.2) is 12.1 Å². The highest BCUT2D eigenvalue weighted by Gasteiger charge is 2.31. The van der Waals surface area contributed by atoms with Crippen LogP contribution in [0.4, 0.5) is 0 Å². The highest BCUT2D eigenvalue weighted by atomic mass is 32.1. The number of thiophene rings is 1. The van der Waals surface area contributed by atoms with Gasteiger partial charge in [-0.15, -0.1) is 11.3 Å². The van der Waals surface area contributed by atoms with Crippen LogP contribution in [-0.2, 0) is 4.79 Å². The molecule has 21 heavy (non-hydrogen) atoms. The van der Waals surface area contributed by atoms with Gasteiger partial charge in [-0.25, -0.2) is 0 Å². The SMILES string of the molecule is Cc1ccc(C(=O)NC2CN(C(=O)C#CCN(C)C)C2)s1. The molecule has 0 saturated carbocycles. The van der Waals surface area contributed by atoms with Gasteiger partial charge in [0.25, 0.3) is 11.8 Å². The van der Waals surface area contributed by atoms with Gasteiger partial charge in [0.15, 0.2) is 0 Å². The van der Waals surface area contributed by atoms with E-state index in [0.717, 1.165) is 4.88 Å². The average Bonchev–Trinajstić information content (AvgIpc) is 2.79. The lowest BCUT2D eigenvalue weighted by molar-refractivity contribution is -0.129. The van der Waals surface area contributed by atoms with E-state index in [4.69, 9.17) is 0 Å². The van der Waals surface area contributed by atoms with E-state index in [2.05, 4.69) is 17.2 Å². The molecule has 2 rings (SSSR count). The normalized spacial score (nSPS) is 14.4. The predicted molar refractivity (Wildman–Crippen MR) is 83.2 cm³/mol. The second kappa shape index (κ2) is 6.74. The summed E-state index contributed by atoms with van der Waals surface area (Å²) in [6.07, 6.45) is 0. The summed E-state index contributed by atoms with van der Waals surface area (Å²) < 4.78 is 0. The number of hydrogen-bond acceptors (Lipinski definition) is 4. The first-order valence-corrected chi connectivity index (χ1v) is 7.57. The first kappa shape index (κ1) is 15.5. The van der Waals surface area contributed by atoms with E-state index in [9.17, 15) is 9.59 Å². The quantitative estimate of drug-likeness (QED) is 0.830. The summed E-state index contributed by atoms with van der Waals surface area (Å²) in [5, 5.41) is 2.93. The van der Waals surface area contributed by atoms with E-state index in [1.807, 2.05) is 38.1 Å². The van der Waals surface area contributed by atoms with E-state index < -0.39 is 0 Å². The Balaban J connectivity index is 1.75. The summed E-state index contributed by atoms with van der Waals surface area (Å²) in [5.41, 5.74) is 0. The van der Waals surface area contributed by atoms with Crippen molar-refractivity contribution in [2.45, 2.75) is 13.0 Å². The molecule has 1 aromatic heterocycles. The highest BCUT2D eigenvalue weighted by molar-refractivity contribution is 7.13. The second-order valence-electron chi connectivity index (χ2n) is 5.33. The Hall–Kier alpha value is -1.84. The number of nitrogens with zero attached hydrogens (tertiary/aromatic N) is 2. The molecule has 0 aromatic carbocycles. The van der Waals surface area contributed by atoms with Crippen molar-refractivity contribution in [2.24, 2.45) is 0 Å². The van der Waals surface area contributed by atoms with E-state index >= 15 is 0 Å². The van der Waals surface area contributed by atoms with Crippen LogP contribution in [0.3, 0.4) is 0 Å². The zero-order valence-electron chi connectivity index (χ0n) is 12.5. The maximum atomic E-state index is 11.9. The molecule has 0 radical (unpaired) electrons. The fourth-order valence-corrected chi connectivity index (χ4v) is 2.67. The predicted octanol–water partition coefficient (Wildman–Crippen LogP) is 0.562. The zero-order chi connectivity index (χ0) is 15.4. The van der Waals surface area contributed by atoms with Gasteiger partial charge in [0.05, 0.1) is 17.5 Å². The standard InChI is InChI=1S/C15H19N3O2S/c1-11-6-7-13(21-11)15(20)16-12-9-18(10-12)14(19)5-4-8-17(2)3/h6-7,12H,8-10H2,1-3H3,(H,16,20). The van der Waals surface area contributed by atoms with Crippen LogP contribution in [0.5, 0.6) is 0 Å². The van der Waals surface area contributed by atoms with Crippen molar-refractivity contribution in [2.75, 3.05) is 33.7 Å². The summed E-state index contributed by atoms with van der Waals surface area (Å²) in [7, 11) is 3.81. The minimum absolute atomic E-state index is 0.0273. The summed E-state index contributed by atoms with van der Waals surface area (Å²) in [5.74, 6) is 5.19. The van der Waals surface area contributed by atoms with Crippen LogP contribution in [0, 0.1) is 18.8 Å². The number of aryl methyl sites for hydroxylation is 1. The minimum Gasteiger partial charge on any atom is -0.345 e. The van der Waals surface area contributed by atoms with Crippen LogP contribution >= 0.6 is 11.3 Å². The van der Waals surface area contributed by atoms with Gasteiger partial charge in [-0.1, -0.05) is 5.92 Å². The molecule has 0 spiro atoms. The fourth-order valence-electron chi connectivity index (χ4n) is 1.90. The molecular formula is C15H19N3O2S. The molecule has 1 aliphatic rings. The van der Waals surface area contributed by atoms with Crippen molar-refractivity contribution >= 4 is 23.2 Å². The van der Waals surface area contributed by atoms with E-state index in [1.165, 1.54) is 11.3 Å². The molecule has 0 unspecified atom stereocenters. The smallest absolute Gasteiger partial charge is 0.298 e. The largest absolute Gasteiger partial charge is 0.345 e. The second-order valence-corrected chi connectivity index (χ2v) is 6.62. The number of hydrogen-bond donors (Lipinski definition) is 1. The number of amides is 2. The van der Waals surface area contributed by atoms with E-state index in [0.29, 0.717) is 24.5 Å². The van der Waals surface area contributed by atoms with Crippen molar-refractivity contribution in [1.82, 2.24) is 15.1 Å². The Morgan fingerprint density at radius 3 is 2.71 bits per heavy atom. The third-order valence-corrected chi connectivity index (χ3v) is 4.06. The summed E-state index contributed by atoms with van der Waals surface area (Å²) in [6, 6.07) is 3.78. The molecule has 0 bridgehead atoms. The van der Waals surface area contributed by atoms with Crippen molar-refractivity contribution < 1.29 is 9.59 Å². The Morgan fingerprint density at radius 2 is 2.14 bits per heavy atom. The maximum absolute atomic E-state index is 11.9. The van der Waals surface area contributed by atoms with Gasteiger partial charge < -0.3 is 10.2 Å². The lowest BCUT2D eigenvalue weighted by Crippen LogP contribution is -2.60. The molecule has 1 N–H and O–H groups in total. The Labute approximate surface area is 128 Å². The fraction of sp³-hybridized carbons (Fsp3) is 0.467. The monoisotopic (exact) mass is 305 g/mol. The number of nitrogens with one attached hydrogen (secondary N) is 1. The molecule has 1 fully saturated rings. The number of carbonyl (C=O) groups excluding carboxylic acids is 2. The molecule has 5 nitrogen and oxygen atoms in total. The molecular weight excluding hydrogens is 286 g/mol. The van der Waals surface area contributed by atoms with Crippen molar-refractivity contribution in [3.05, 3.63) is 21.9 Å². The Morgan fingerprint density at radius 1 is 1.43 bits per heavy atom. The molecule has 6 heteroatoms. The van der Waals surface area contributed by atoms with E-state index in [-0.39, 0.29) is 17.9 Å². The molecule has 112 valence electrons. The maximum Gasteiger partial charge on any atom is 0.298 e. The van der Waals surface area contributed by atoms with Crippen molar-refractivity contribution in [1.29, 1.82) is 0 Å². The van der Waals surface area contributed by atoms with Gasteiger partial charge in [-0.2, -0.15) is 0 Å². The van der Waals surface area contributed by atoms with Crippen molar-refractivity contribution in [3.63, 3.8) is 0 Å². The van der Waals surface area contributed by atoms with Crippen LogP contribution in [-0.4, -0.2) is 61.4 Å². The zero-order valence-corrected chi connectivity index (χ0v) is 13.3. The molecule has 0 aliphatic carbocycles. The van der Waals surface area contributed by atoms with Gasteiger partial charge in [-0.05, 0) is 39.1 Å². The number of likely N-dealkylation sites (tertiary alicyclic amines) is 1. The van der Waals surface area contributed by atoms with Crippen molar-refractivity contribution in [3.8, 4) is 11.8 Å². The van der Waals surface area contributed by atoms with Gasteiger partial charge in [0.1, 0.15) is 0 Å². The number of rotatable bonds is 3. The summed E-state index contributed by atoms with van der Waals surface area (Å²) >= 11 is 1.47. The van der Waals surface area contributed by atoms with Crippen LogP contribution in [0.2, 0.25) is 0 Å². The molecule has 1 aliphatic heterocycles. The van der Waals surface area contributed by atoms with Crippen LogP contribution in [0.25, 0.3) is 0 Å². The minimum atomic E-state index is -0.172. The molecule has 2 amide bonds. The molecule has 2 heterocycles. The van der Waals surface area contributed by atoms with Crippen LogP contribution in [0.1, 0.15) is 14.5 Å². The topological polar surface area (TPSA) is 52.7 Å². The molecule has 0 atom stereocenters. The van der Waals surface area contributed by atoms with Gasteiger partial charge in [0.2, 0.25) is 0 Å².